The number of fused-ring (bicyclic) bond motifs is 1. The van der Waals surface area contributed by atoms with Crippen LogP contribution in [0.15, 0.2) is 12.2 Å². The molecule has 3 atom stereocenters. The third-order valence-corrected chi connectivity index (χ3v) is 5.78. The van der Waals surface area contributed by atoms with E-state index in [0.717, 1.165) is 5.92 Å². The quantitative estimate of drug-likeness (QED) is 0.504. The summed E-state index contributed by atoms with van der Waals surface area (Å²) in [5.74, 6) is 0.806. The highest BCUT2D eigenvalue weighted by Gasteiger charge is 2.59. The van der Waals surface area contributed by atoms with Crippen LogP contribution in [-0.2, 0) is 4.74 Å². The number of piperidine rings is 2. The lowest BCUT2D eigenvalue weighted by molar-refractivity contribution is -0.901. The SMILES string of the molecule is C[NH+]1CCC2(CC1)C[C@H]1C[C@H]3C=C[C@]1(C[NH2+]2)O3. The van der Waals surface area contributed by atoms with Crippen LogP contribution in [0.1, 0.15) is 25.7 Å². The van der Waals surface area contributed by atoms with Gasteiger partial charge in [0.1, 0.15) is 17.7 Å². The monoisotopic (exact) mass is 236 g/mol. The van der Waals surface area contributed by atoms with E-state index >= 15 is 0 Å². The smallest absolute Gasteiger partial charge is 0.139 e. The molecule has 3 heteroatoms. The van der Waals surface area contributed by atoms with Crippen LogP contribution in [0.5, 0.6) is 0 Å². The Morgan fingerprint density at radius 3 is 2.94 bits per heavy atom. The van der Waals surface area contributed by atoms with Crippen LogP contribution in [0.3, 0.4) is 0 Å². The standard InChI is InChI=1S/C14H22N2O/c1-16-6-4-13(5-7-16)9-11-8-12-2-3-14(11,17-12)10-15-13/h2-3,11-12,15H,4-10H2,1H3/p+2/t11-,12-,14-/m1/s1. The van der Waals surface area contributed by atoms with E-state index in [4.69, 9.17) is 4.74 Å². The fourth-order valence-corrected chi connectivity index (χ4v) is 4.54. The lowest BCUT2D eigenvalue weighted by Gasteiger charge is -2.46. The Hall–Kier alpha value is -0.380. The number of hydrogen-bond acceptors (Lipinski definition) is 1. The molecule has 2 spiro atoms. The molecule has 0 aromatic rings. The topological polar surface area (TPSA) is 30.3 Å². The lowest BCUT2D eigenvalue weighted by Crippen LogP contribution is -3.14. The summed E-state index contributed by atoms with van der Waals surface area (Å²) in [5, 5.41) is 2.63. The van der Waals surface area contributed by atoms with Gasteiger partial charge < -0.3 is 15.0 Å². The van der Waals surface area contributed by atoms with Crippen molar-refractivity contribution in [3.8, 4) is 0 Å². The van der Waals surface area contributed by atoms with E-state index in [9.17, 15) is 0 Å². The van der Waals surface area contributed by atoms with Gasteiger partial charge in [-0.1, -0.05) is 6.08 Å². The maximum Gasteiger partial charge on any atom is 0.139 e. The molecule has 4 aliphatic rings. The second-order valence-electron chi connectivity index (χ2n) is 6.83. The van der Waals surface area contributed by atoms with Crippen LogP contribution in [0, 0.1) is 5.92 Å². The zero-order valence-electron chi connectivity index (χ0n) is 10.7. The van der Waals surface area contributed by atoms with E-state index < -0.39 is 0 Å². The Kier molecular flexibility index (Phi) is 2.07. The summed E-state index contributed by atoms with van der Waals surface area (Å²) in [6, 6.07) is 0. The average Bonchev–Trinajstić information content (AvgIpc) is 2.89. The van der Waals surface area contributed by atoms with Crippen LogP contribution in [-0.4, -0.2) is 43.9 Å². The number of nitrogens with one attached hydrogen (secondary N) is 1. The Morgan fingerprint density at radius 1 is 1.35 bits per heavy atom. The van der Waals surface area contributed by atoms with Gasteiger partial charge >= 0.3 is 0 Å². The van der Waals surface area contributed by atoms with Crippen molar-refractivity contribution in [2.45, 2.75) is 42.9 Å². The van der Waals surface area contributed by atoms with Gasteiger partial charge in [-0.3, -0.25) is 0 Å². The fourth-order valence-electron chi connectivity index (χ4n) is 4.54. The van der Waals surface area contributed by atoms with E-state index in [1.165, 1.54) is 45.3 Å². The second kappa shape index (κ2) is 3.34. The molecule has 94 valence electrons. The summed E-state index contributed by atoms with van der Waals surface area (Å²) in [5.41, 5.74) is 0.698. The highest BCUT2D eigenvalue weighted by molar-refractivity contribution is 5.22. The number of ether oxygens (including phenoxy) is 1. The van der Waals surface area contributed by atoms with Crippen molar-refractivity contribution in [2.24, 2.45) is 5.92 Å². The maximum absolute atomic E-state index is 6.17. The van der Waals surface area contributed by atoms with Gasteiger partial charge in [-0.2, -0.15) is 0 Å². The first-order chi connectivity index (χ1) is 8.20. The van der Waals surface area contributed by atoms with Gasteiger partial charge in [0, 0.05) is 12.3 Å². The molecule has 0 unspecified atom stereocenters. The van der Waals surface area contributed by atoms with E-state index in [1.807, 2.05) is 0 Å². The molecule has 3 N–H and O–H groups in total. The summed E-state index contributed by atoms with van der Waals surface area (Å²) < 4.78 is 6.17. The van der Waals surface area contributed by atoms with E-state index in [-0.39, 0.29) is 5.60 Å². The molecule has 3 saturated heterocycles. The van der Waals surface area contributed by atoms with Gasteiger partial charge in [-0.25, -0.2) is 0 Å². The van der Waals surface area contributed by atoms with Crippen molar-refractivity contribution in [1.82, 2.24) is 0 Å². The molecule has 17 heavy (non-hydrogen) atoms. The number of quaternary nitrogens is 2. The third kappa shape index (κ3) is 1.46. The van der Waals surface area contributed by atoms with E-state index in [0.29, 0.717) is 11.6 Å². The number of nitrogens with two attached hydrogens (primary N) is 1. The zero-order chi connectivity index (χ0) is 11.5. The highest BCUT2D eigenvalue weighted by Crippen LogP contribution is 2.47. The summed E-state index contributed by atoms with van der Waals surface area (Å²) in [4.78, 5) is 1.72. The molecule has 0 radical (unpaired) electrons. The average molecular weight is 236 g/mol. The lowest BCUT2D eigenvalue weighted by atomic mass is 9.68. The normalized spacial score (nSPS) is 56.4. The number of likely N-dealkylation sites (tertiary alicyclic amines) is 1. The summed E-state index contributed by atoms with van der Waals surface area (Å²) in [6.45, 7) is 3.89. The first-order valence-electron chi connectivity index (χ1n) is 7.23. The van der Waals surface area contributed by atoms with Gasteiger partial charge in [0.25, 0.3) is 0 Å². The van der Waals surface area contributed by atoms with Gasteiger partial charge in [-0.05, 0) is 12.5 Å². The van der Waals surface area contributed by atoms with Crippen LogP contribution in [0.2, 0.25) is 0 Å². The first-order valence-corrected chi connectivity index (χ1v) is 7.23. The van der Waals surface area contributed by atoms with E-state index in [1.54, 1.807) is 4.90 Å². The molecule has 0 aromatic carbocycles. The zero-order valence-corrected chi connectivity index (χ0v) is 10.7. The highest BCUT2D eigenvalue weighted by atomic mass is 16.5. The minimum absolute atomic E-state index is 0.131. The second-order valence-corrected chi connectivity index (χ2v) is 6.83. The van der Waals surface area contributed by atoms with Crippen molar-refractivity contribution in [3.63, 3.8) is 0 Å². The molecule has 4 heterocycles. The molecule has 4 aliphatic heterocycles. The van der Waals surface area contributed by atoms with Crippen molar-refractivity contribution in [3.05, 3.63) is 12.2 Å². The van der Waals surface area contributed by atoms with Gasteiger partial charge in [0.15, 0.2) is 0 Å². The summed E-state index contributed by atoms with van der Waals surface area (Å²) >= 11 is 0. The predicted octanol–water partition coefficient (Wildman–Crippen LogP) is -1.29. The summed E-state index contributed by atoms with van der Waals surface area (Å²) in [6.07, 6.45) is 10.6. The molecule has 3 fully saturated rings. The molecule has 2 bridgehead atoms. The Morgan fingerprint density at radius 2 is 2.18 bits per heavy atom. The van der Waals surface area contributed by atoms with Crippen LogP contribution in [0.4, 0.5) is 0 Å². The van der Waals surface area contributed by atoms with E-state index in [2.05, 4.69) is 24.5 Å². The fraction of sp³-hybridized carbons (Fsp3) is 0.857. The predicted molar refractivity (Wildman–Crippen MR) is 64.8 cm³/mol. The third-order valence-electron chi connectivity index (χ3n) is 5.78. The van der Waals surface area contributed by atoms with Crippen molar-refractivity contribution >= 4 is 0 Å². The van der Waals surface area contributed by atoms with Crippen LogP contribution in [0.25, 0.3) is 0 Å². The molecule has 0 amide bonds. The van der Waals surface area contributed by atoms with Gasteiger partial charge in [0.05, 0.1) is 39.1 Å². The van der Waals surface area contributed by atoms with Gasteiger partial charge in [0.2, 0.25) is 0 Å². The maximum atomic E-state index is 6.17. The molecule has 3 nitrogen and oxygen atoms in total. The molecular weight excluding hydrogens is 212 g/mol. The Balaban J connectivity index is 1.54. The van der Waals surface area contributed by atoms with Crippen molar-refractivity contribution < 1.29 is 15.0 Å². The van der Waals surface area contributed by atoms with Crippen LogP contribution < -0.4 is 10.2 Å². The van der Waals surface area contributed by atoms with Gasteiger partial charge in [-0.15, -0.1) is 0 Å². The van der Waals surface area contributed by atoms with Crippen molar-refractivity contribution in [2.75, 3.05) is 26.7 Å². The largest absolute Gasteiger partial charge is 0.357 e. The molecule has 0 saturated carbocycles. The minimum atomic E-state index is 0.131. The minimum Gasteiger partial charge on any atom is -0.357 e. The summed E-state index contributed by atoms with van der Waals surface area (Å²) in [7, 11) is 2.33. The number of hydrogen-bond donors (Lipinski definition) is 2. The molecule has 0 aromatic heterocycles. The first kappa shape index (κ1) is 10.5. The Labute approximate surface area is 103 Å². The molecule has 0 aliphatic carbocycles. The molecule has 4 rings (SSSR count). The molecular formula is C14H24N2O+2. The van der Waals surface area contributed by atoms with Crippen molar-refractivity contribution in [1.29, 1.82) is 0 Å². The van der Waals surface area contributed by atoms with Crippen LogP contribution >= 0.6 is 0 Å². The Bertz CT molecular complexity index is 359. The number of rotatable bonds is 0.